The Labute approximate surface area is 419 Å². The maximum absolute atomic E-state index is 11.6. The molecule has 0 N–H and O–H groups in total. The summed E-state index contributed by atoms with van der Waals surface area (Å²) in [4.78, 5) is 91.1. The molecule has 0 spiro atoms. The second-order valence-corrected chi connectivity index (χ2v) is 21.2. The molecule has 10 atom stereocenters. The summed E-state index contributed by atoms with van der Waals surface area (Å²) in [6.07, 6.45) is 9.23. The third kappa shape index (κ3) is 12.8. The van der Waals surface area contributed by atoms with Crippen molar-refractivity contribution in [2.24, 2.45) is 46.8 Å². The Morgan fingerprint density at radius 3 is 1.47 bits per heavy atom. The highest BCUT2D eigenvalue weighted by atomic mass is 16.7. The van der Waals surface area contributed by atoms with Gasteiger partial charge in [0.15, 0.2) is 25.9 Å². The highest BCUT2D eigenvalue weighted by Crippen LogP contribution is 2.64. The molecule has 0 amide bonds. The summed E-state index contributed by atoms with van der Waals surface area (Å²) in [6, 6.07) is 0. The number of hydrogen-bond acceptors (Lipinski definition) is 20. The van der Waals surface area contributed by atoms with Gasteiger partial charge in [-0.15, -0.1) is 0 Å². The third-order valence-corrected chi connectivity index (χ3v) is 15.6. The lowest BCUT2D eigenvalue weighted by atomic mass is 9.46. The highest BCUT2D eigenvalue weighted by Gasteiger charge is 2.64. The van der Waals surface area contributed by atoms with Crippen LogP contribution in [0.5, 0.6) is 0 Å². The molecule has 10 unspecified atom stereocenters. The molecule has 0 aromatic carbocycles. The van der Waals surface area contributed by atoms with Gasteiger partial charge in [0.2, 0.25) is 0 Å². The Hall–Kier alpha value is -5.18. The molecule has 6 aliphatic carbocycles. The molecule has 6 saturated carbocycles. The van der Waals surface area contributed by atoms with Gasteiger partial charge < -0.3 is 56.8 Å². The van der Waals surface area contributed by atoms with Crippen LogP contribution in [0.3, 0.4) is 0 Å². The fourth-order valence-corrected chi connectivity index (χ4v) is 12.6. The summed E-state index contributed by atoms with van der Waals surface area (Å²) in [5.41, 5.74) is 0.770. The number of hydrogen-bond donors (Lipinski definition) is 0. The van der Waals surface area contributed by atoms with Crippen LogP contribution >= 0.6 is 0 Å². The first kappa shape index (κ1) is 54.6. The van der Waals surface area contributed by atoms with Gasteiger partial charge in [-0.25, -0.2) is 28.8 Å². The molecular formula is C52H70O20. The predicted octanol–water partition coefficient (Wildman–Crippen LogP) is 4.02. The minimum Gasteiger partial charge on any atom is -0.461 e. The quantitative estimate of drug-likeness (QED) is 0.0643. The van der Waals surface area contributed by atoms with Crippen molar-refractivity contribution >= 4 is 47.8 Å². The molecule has 4 aliphatic heterocycles. The minimum atomic E-state index is -0.667. The number of rotatable bonds is 22. The maximum atomic E-state index is 11.6. The van der Waals surface area contributed by atoms with E-state index in [9.17, 15) is 38.4 Å². The Morgan fingerprint density at radius 1 is 0.542 bits per heavy atom. The van der Waals surface area contributed by atoms with Crippen molar-refractivity contribution in [1.29, 1.82) is 0 Å². The molecule has 10 rings (SSSR count). The van der Waals surface area contributed by atoms with Crippen LogP contribution < -0.4 is 0 Å². The largest absolute Gasteiger partial charge is 0.461 e. The van der Waals surface area contributed by atoms with Crippen LogP contribution in [0.15, 0.2) is 36.5 Å². The van der Waals surface area contributed by atoms with Crippen molar-refractivity contribution in [3.63, 3.8) is 0 Å². The van der Waals surface area contributed by atoms with Gasteiger partial charge in [0, 0.05) is 22.6 Å². The first-order valence-electron chi connectivity index (χ1n) is 25.0. The minimum absolute atomic E-state index is 0.0153. The summed E-state index contributed by atoms with van der Waals surface area (Å²) < 4.78 is 63.0. The van der Waals surface area contributed by atoms with E-state index in [-0.39, 0.29) is 128 Å². The SMILES string of the molecule is C=C(C)C(=O)OCC(=O)OCCOC(C)(C)C12CC3CC(CC(C3)C1)C2.C=C(C)C(=O)OCC(=O)OCCOC1C2CC3C(=O)OC1C3C2.C=C(C)C(=O)OCC(=O)OCCOC1C2CC3C(=O)OC1C3O2. The number of ether oxygens (including phenoxy) is 12. The van der Waals surface area contributed by atoms with E-state index in [4.69, 9.17) is 47.4 Å². The van der Waals surface area contributed by atoms with Gasteiger partial charge in [-0.3, -0.25) is 9.59 Å². The van der Waals surface area contributed by atoms with Crippen LogP contribution in [0.25, 0.3) is 0 Å². The standard InChI is InChI=1S/C21H32O5.C16H20O7.C15H18O8/c1-14(2)19(23)25-13-18(22)24-5-6-26-20(3,4)21-10-15-7-16(11-21)9-17(8-15)12-21;1-8(2)15(18)22-7-12(17)20-3-4-21-13-9-5-10-11(6-9)16(19)23-14(10)13;1-7(2)14(17)21-6-10(16)19-3-4-20-12-9-5-8-11(22-9)13(12)23-15(8)18/h15-17H,1,5-13H2,2-4H3;9-11,13-14H,1,3-7H2,2H3;8-9,11-13H,1,3-6H2,2H3. The van der Waals surface area contributed by atoms with Gasteiger partial charge in [-0.2, -0.15) is 0 Å². The molecule has 20 nitrogen and oxygen atoms in total. The van der Waals surface area contributed by atoms with Crippen LogP contribution in [0, 0.1) is 46.8 Å². The Morgan fingerprint density at radius 2 is 0.986 bits per heavy atom. The number of fused-ring (bicyclic) bond motifs is 2. The first-order valence-corrected chi connectivity index (χ1v) is 25.0. The van der Waals surface area contributed by atoms with Crippen LogP contribution in [-0.4, -0.2) is 149 Å². The van der Waals surface area contributed by atoms with Crippen molar-refractivity contribution < 1.29 is 95.2 Å². The van der Waals surface area contributed by atoms with E-state index in [0.717, 1.165) is 30.6 Å². The summed E-state index contributed by atoms with van der Waals surface area (Å²) in [6.45, 7) is 18.9. The van der Waals surface area contributed by atoms with E-state index < -0.39 is 49.0 Å². The Kier molecular flexibility index (Phi) is 17.7. The van der Waals surface area contributed by atoms with Crippen molar-refractivity contribution in [1.82, 2.24) is 0 Å². The molecular weight excluding hydrogens is 945 g/mol. The maximum Gasteiger partial charge on any atom is 0.344 e. The van der Waals surface area contributed by atoms with Crippen LogP contribution in [0.2, 0.25) is 0 Å². The molecule has 398 valence electrons. The van der Waals surface area contributed by atoms with Crippen LogP contribution in [-0.2, 0) is 95.2 Å². The van der Waals surface area contributed by atoms with Gasteiger partial charge in [0.05, 0.1) is 49.5 Å². The first-order chi connectivity index (χ1) is 34.1. The zero-order valence-corrected chi connectivity index (χ0v) is 42.0. The number of esters is 8. The average Bonchev–Trinajstić information content (AvgIpc) is 4.16. The summed E-state index contributed by atoms with van der Waals surface area (Å²) >= 11 is 0. The number of carbonyl (C=O) groups excluding carboxylic acids is 8. The van der Waals surface area contributed by atoms with E-state index in [2.05, 4.69) is 43.1 Å². The summed E-state index contributed by atoms with van der Waals surface area (Å²) in [7, 11) is 0. The van der Waals surface area contributed by atoms with Crippen molar-refractivity contribution in [3.05, 3.63) is 36.5 Å². The molecule has 72 heavy (non-hydrogen) atoms. The van der Waals surface area contributed by atoms with Gasteiger partial charge in [0.1, 0.15) is 38.1 Å². The van der Waals surface area contributed by atoms with Crippen molar-refractivity contribution in [2.75, 3.05) is 59.5 Å². The smallest absolute Gasteiger partial charge is 0.344 e. The van der Waals surface area contributed by atoms with E-state index in [1.54, 1.807) is 0 Å². The van der Waals surface area contributed by atoms with E-state index in [1.165, 1.54) is 59.3 Å². The molecule has 10 aliphatic rings. The lowest BCUT2D eigenvalue weighted by Gasteiger charge is -2.62. The molecule has 0 radical (unpaired) electrons. The van der Waals surface area contributed by atoms with Crippen molar-refractivity contribution in [3.8, 4) is 0 Å². The molecule has 20 heteroatoms. The molecule has 0 aromatic rings. The topological polar surface area (TPSA) is 247 Å². The van der Waals surface area contributed by atoms with E-state index in [1.807, 2.05) is 0 Å². The fraction of sp³-hybridized carbons (Fsp3) is 0.731. The molecule has 4 saturated heterocycles. The fourth-order valence-electron chi connectivity index (χ4n) is 12.6. The zero-order chi connectivity index (χ0) is 52.1. The molecule has 10 fully saturated rings. The lowest BCUT2D eigenvalue weighted by Crippen LogP contribution is -2.57. The molecule has 8 bridgehead atoms. The third-order valence-electron chi connectivity index (χ3n) is 15.6. The average molecular weight is 1020 g/mol. The summed E-state index contributed by atoms with van der Waals surface area (Å²) in [5.74, 6) is -0.849. The molecule has 0 aromatic heterocycles. The normalized spacial score (nSPS) is 33.0. The molecule has 4 heterocycles. The second-order valence-electron chi connectivity index (χ2n) is 21.2. The predicted molar refractivity (Wildman–Crippen MR) is 247 cm³/mol. The van der Waals surface area contributed by atoms with Gasteiger partial charge in [-0.05, 0) is 121 Å². The van der Waals surface area contributed by atoms with E-state index >= 15 is 0 Å². The van der Waals surface area contributed by atoms with Gasteiger partial charge >= 0.3 is 47.8 Å². The highest BCUT2D eigenvalue weighted by molar-refractivity contribution is 5.89. The van der Waals surface area contributed by atoms with Crippen LogP contribution in [0.4, 0.5) is 0 Å². The van der Waals surface area contributed by atoms with Gasteiger partial charge in [0.25, 0.3) is 0 Å². The Balaban J connectivity index is 0.000000159. The zero-order valence-electron chi connectivity index (χ0n) is 42.0. The summed E-state index contributed by atoms with van der Waals surface area (Å²) in [5, 5.41) is 0. The van der Waals surface area contributed by atoms with Crippen LogP contribution in [0.1, 0.15) is 92.4 Å². The van der Waals surface area contributed by atoms with Gasteiger partial charge in [-0.1, -0.05) is 19.7 Å². The monoisotopic (exact) mass is 1010 g/mol. The second kappa shape index (κ2) is 23.4. The van der Waals surface area contributed by atoms with Crippen molar-refractivity contribution in [2.45, 2.75) is 135 Å². The van der Waals surface area contributed by atoms with E-state index in [0.29, 0.717) is 24.9 Å². The number of carbonyl (C=O) groups is 8. The Bertz CT molecular complexity index is 1990. The lowest BCUT2D eigenvalue weighted by molar-refractivity contribution is -0.194.